The number of carbonyl (C=O) groups is 1. The lowest BCUT2D eigenvalue weighted by atomic mass is 10.5. The molecule has 0 N–H and O–H groups in total. The third kappa shape index (κ3) is 1.46. The van der Waals surface area contributed by atoms with Gasteiger partial charge in [-0.15, -0.1) is 0 Å². The van der Waals surface area contributed by atoms with Crippen LogP contribution in [0.1, 0.15) is 17.4 Å². The molecule has 0 unspecified atom stereocenters. The van der Waals surface area contributed by atoms with Crippen molar-refractivity contribution in [2.45, 2.75) is 6.92 Å². The molecule has 0 radical (unpaired) electrons. The molecule has 5 heteroatoms. The average molecular weight is 214 g/mol. The van der Waals surface area contributed by atoms with Crippen LogP contribution in [0.2, 0.25) is 0 Å². The highest BCUT2D eigenvalue weighted by Gasteiger charge is 2.06. The predicted octanol–water partition coefficient (Wildman–Crippen LogP) is 1.18. The summed E-state index contributed by atoms with van der Waals surface area (Å²) >= 11 is 3.09. The van der Waals surface area contributed by atoms with Crippen molar-refractivity contribution < 1.29 is 4.79 Å². The zero-order valence-corrected chi connectivity index (χ0v) is 7.29. The molecule has 1 aromatic rings. The fourth-order valence-electron chi connectivity index (χ4n) is 0.590. The van der Waals surface area contributed by atoms with Crippen molar-refractivity contribution in [2.24, 2.45) is 0 Å². The van der Waals surface area contributed by atoms with Crippen LogP contribution in [-0.2, 0) is 0 Å². The first-order chi connectivity index (χ1) is 5.15. The summed E-state index contributed by atoms with van der Waals surface area (Å²) in [6, 6.07) is 1.84. The van der Waals surface area contributed by atoms with E-state index in [0.29, 0.717) is 4.47 Å². The summed E-state index contributed by atoms with van der Waals surface area (Å²) in [5.41, 5.74) is 0.222. The second kappa shape index (κ2) is 2.84. The van der Waals surface area contributed by atoms with Gasteiger partial charge in [0.2, 0.25) is 5.91 Å². The van der Waals surface area contributed by atoms with Crippen LogP contribution in [0.15, 0.2) is 10.7 Å². The molecule has 0 aliphatic heterocycles. The highest BCUT2D eigenvalue weighted by atomic mass is 79.9. The lowest BCUT2D eigenvalue weighted by Crippen LogP contribution is -2.05. The van der Waals surface area contributed by atoms with Crippen LogP contribution in [0.5, 0.6) is 0 Å². The Morgan fingerprint density at radius 1 is 1.91 bits per heavy atom. The number of carbonyl (C=O) groups excluding carboxylic acids is 1. The average Bonchev–Trinajstić information content (AvgIpc) is 2.31. The number of hydrogen-bond acceptors (Lipinski definition) is 3. The summed E-state index contributed by atoms with van der Waals surface area (Å²) in [4.78, 5) is 10.7. The van der Waals surface area contributed by atoms with Crippen molar-refractivity contribution in [1.82, 2.24) is 9.78 Å². The minimum atomic E-state index is -0.216. The van der Waals surface area contributed by atoms with Crippen LogP contribution < -0.4 is 0 Å². The molecule has 4 nitrogen and oxygen atoms in total. The Kier molecular flexibility index (Phi) is 2.06. The second-order valence-corrected chi connectivity index (χ2v) is 2.76. The molecule has 0 amide bonds. The van der Waals surface area contributed by atoms with Crippen LogP contribution in [0, 0.1) is 11.3 Å². The molecule has 0 bridgehead atoms. The van der Waals surface area contributed by atoms with Crippen LogP contribution in [0.25, 0.3) is 0 Å². The zero-order chi connectivity index (χ0) is 8.43. The molecular formula is C6H4BrN3O. The van der Waals surface area contributed by atoms with E-state index >= 15 is 0 Å². The lowest BCUT2D eigenvalue weighted by Gasteiger charge is -1.87. The Hall–Kier alpha value is -1.15. The summed E-state index contributed by atoms with van der Waals surface area (Å²) in [7, 11) is 0. The van der Waals surface area contributed by atoms with Gasteiger partial charge in [0.1, 0.15) is 6.07 Å². The molecule has 0 aliphatic carbocycles. The van der Waals surface area contributed by atoms with Gasteiger partial charge in [-0.05, 0) is 15.9 Å². The molecule has 56 valence electrons. The van der Waals surface area contributed by atoms with Gasteiger partial charge in [0, 0.05) is 13.1 Å². The number of rotatable bonds is 0. The van der Waals surface area contributed by atoms with Gasteiger partial charge in [-0.2, -0.15) is 10.4 Å². The van der Waals surface area contributed by atoms with Crippen molar-refractivity contribution in [3.8, 4) is 6.07 Å². The maximum absolute atomic E-state index is 10.7. The quantitative estimate of drug-likeness (QED) is 0.651. The minimum Gasteiger partial charge on any atom is -0.273 e. The van der Waals surface area contributed by atoms with Gasteiger partial charge in [-0.3, -0.25) is 4.79 Å². The summed E-state index contributed by atoms with van der Waals surface area (Å²) in [6.45, 7) is 1.38. The Bertz CT molecular complexity index is 336. The van der Waals surface area contributed by atoms with E-state index < -0.39 is 0 Å². The van der Waals surface area contributed by atoms with Gasteiger partial charge in [0.15, 0.2) is 5.69 Å². The second-order valence-electron chi connectivity index (χ2n) is 1.90. The molecule has 1 rings (SSSR count). The monoisotopic (exact) mass is 213 g/mol. The summed E-state index contributed by atoms with van der Waals surface area (Å²) in [5.74, 6) is -0.216. The van der Waals surface area contributed by atoms with E-state index in [4.69, 9.17) is 5.26 Å². The maximum Gasteiger partial charge on any atom is 0.243 e. The van der Waals surface area contributed by atoms with E-state index in [1.165, 1.54) is 13.1 Å². The van der Waals surface area contributed by atoms with Gasteiger partial charge in [-0.25, -0.2) is 4.68 Å². The van der Waals surface area contributed by atoms with E-state index in [9.17, 15) is 4.79 Å². The van der Waals surface area contributed by atoms with Crippen molar-refractivity contribution >= 4 is 21.8 Å². The van der Waals surface area contributed by atoms with E-state index in [1.54, 1.807) is 0 Å². The van der Waals surface area contributed by atoms with Crippen LogP contribution >= 0.6 is 15.9 Å². The highest BCUT2D eigenvalue weighted by molar-refractivity contribution is 9.10. The van der Waals surface area contributed by atoms with Crippen molar-refractivity contribution in [2.75, 3.05) is 0 Å². The Balaban J connectivity index is 3.18. The largest absolute Gasteiger partial charge is 0.273 e. The standard InChI is InChI=1S/C6H4BrN3O/c1-4(11)10-3-5(7)6(2-8)9-10/h3H,1H3. The van der Waals surface area contributed by atoms with Crippen molar-refractivity contribution in [3.05, 3.63) is 16.4 Å². The Morgan fingerprint density at radius 3 is 2.82 bits per heavy atom. The fourth-order valence-corrected chi connectivity index (χ4v) is 0.952. The number of aromatic nitrogens is 2. The van der Waals surface area contributed by atoms with Gasteiger partial charge in [0.05, 0.1) is 4.47 Å². The van der Waals surface area contributed by atoms with Gasteiger partial charge in [-0.1, -0.05) is 0 Å². The summed E-state index contributed by atoms with van der Waals surface area (Å²) in [6.07, 6.45) is 1.46. The zero-order valence-electron chi connectivity index (χ0n) is 5.71. The molecule has 11 heavy (non-hydrogen) atoms. The predicted molar refractivity (Wildman–Crippen MR) is 40.9 cm³/mol. The molecule has 0 saturated heterocycles. The number of halogens is 1. The Labute approximate surface area is 71.6 Å². The van der Waals surface area contributed by atoms with Gasteiger partial charge < -0.3 is 0 Å². The smallest absolute Gasteiger partial charge is 0.243 e. The van der Waals surface area contributed by atoms with E-state index in [0.717, 1.165) is 4.68 Å². The van der Waals surface area contributed by atoms with Crippen LogP contribution in [-0.4, -0.2) is 15.7 Å². The van der Waals surface area contributed by atoms with E-state index in [2.05, 4.69) is 21.0 Å². The third-order valence-corrected chi connectivity index (χ3v) is 1.68. The topological polar surface area (TPSA) is 58.7 Å². The molecule has 0 aromatic carbocycles. The van der Waals surface area contributed by atoms with Crippen LogP contribution in [0.4, 0.5) is 0 Å². The van der Waals surface area contributed by atoms with Crippen LogP contribution in [0.3, 0.4) is 0 Å². The lowest BCUT2D eigenvalue weighted by molar-refractivity contribution is 0.0921. The first-order valence-corrected chi connectivity index (χ1v) is 3.60. The number of hydrogen-bond donors (Lipinski definition) is 0. The summed E-state index contributed by atoms with van der Waals surface area (Å²) in [5, 5.41) is 12.1. The SMILES string of the molecule is CC(=O)n1cc(Br)c(C#N)n1. The molecule has 1 heterocycles. The number of nitrogens with zero attached hydrogens (tertiary/aromatic N) is 3. The summed E-state index contributed by atoms with van der Waals surface area (Å²) < 4.78 is 1.65. The molecule has 0 aliphatic rings. The van der Waals surface area contributed by atoms with Crippen molar-refractivity contribution in [1.29, 1.82) is 5.26 Å². The van der Waals surface area contributed by atoms with Gasteiger partial charge in [0.25, 0.3) is 0 Å². The van der Waals surface area contributed by atoms with Crippen molar-refractivity contribution in [3.63, 3.8) is 0 Å². The van der Waals surface area contributed by atoms with E-state index in [-0.39, 0.29) is 11.6 Å². The minimum absolute atomic E-state index is 0.216. The maximum atomic E-state index is 10.7. The fraction of sp³-hybridized carbons (Fsp3) is 0.167. The third-order valence-electron chi connectivity index (χ3n) is 1.10. The molecule has 0 atom stereocenters. The molecule has 0 fully saturated rings. The molecule has 0 saturated carbocycles. The first-order valence-electron chi connectivity index (χ1n) is 2.81. The number of nitriles is 1. The first kappa shape index (κ1) is 7.95. The highest BCUT2D eigenvalue weighted by Crippen LogP contribution is 2.12. The molecule has 0 spiro atoms. The van der Waals surface area contributed by atoms with Gasteiger partial charge >= 0.3 is 0 Å². The molecule has 1 aromatic heterocycles. The Morgan fingerprint density at radius 2 is 2.55 bits per heavy atom. The normalized spacial score (nSPS) is 9.18. The van der Waals surface area contributed by atoms with E-state index in [1.807, 2.05) is 6.07 Å². The molecular weight excluding hydrogens is 210 g/mol.